The molecule has 1 aromatic heterocycles. The molecule has 2 aromatic carbocycles. The van der Waals surface area contributed by atoms with Crippen LogP contribution in [0, 0.1) is 3.57 Å². The number of halogens is 1. The SMILES string of the molecule is O=C(NCc1ccccc1-n1cccn1)c1ccc(I)cc1. The van der Waals surface area contributed by atoms with E-state index in [1.807, 2.05) is 60.8 Å². The minimum atomic E-state index is -0.0772. The molecule has 0 aliphatic heterocycles. The van der Waals surface area contributed by atoms with Crippen LogP contribution in [0.3, 0.4) is 0 Å². The van der Waals surface area contributed by atoms with E-state index < -0.39 is 0 Å². The van der Waals surface area contributed by atoms with Crippen LogP contribution in [0.1, 0.15) is 15.9 Å². The van der Waals surface area contributed by atoms with E-state index in [4.69, 9.17) is 0 Å². The number of carbonyl (C=O) groups excluding carboxylic acids is 1. The first-order valence-electron chi connectivity index (χ1n) is 6.86. The van der Waals surface area contributed by atoms with E-state index in [2.05, 4.69) is 33.0 Å². The highest BCUT2D eigenvalue weighted by atomic mass is 127. The Hall–Kier alpha value is -2.15. The summed E-state index contributed by atoms with van der Waals surface area (Å²) in [5.41, 5.74) is 2.65. The van der Waals surface area contributed by atoms with Crippen molar-refractivity contribution in [3.63, 3.8) is 0 Å². The molecule has 0 bridgehead atoms. The molecular formula is C17H14IN3O. The van der Waals surface area contributed by atoms with Crippen molar-refractivity contribution in [2.75, 3.05) is 0 Å². The molecule has 22 heavy (non-hydrogen) atoms. The summed E-state index contributed by atoms with van der Waals surface area (Å²) in [7, 11) is 0. The lowest BCUT2D eigenvalue weighted by Crippen LogP contribution is -2.23. The first kappa shape index (κ1) is 14.8. The number of hydrogen-bond donors (Lipinski definition) is 1. The Morgan fingerprint density at radius 1 is 1.09 bits per heavy atom. The van der Waals surface area contributed by atoms with E-state index in [0.717, 1.165) is 14.8 Å². The number of benzene rings is 2. The number of nitrogens with one attached hydrogen (secondary N) is 1. The summed E-state index contributed by atoms with van der Waals surface area (Å²) in [4.78, 5) is 12.2. The van der Waals surface area contributed by atoms with Gasteiger partial charge in [-0.2, -0.15) is 5.10 Å². The topological polar surface area (TPSA) is 46.9 Å². The minimum Gasteiger partial charge on any atom is -0.348 e. The number of amides is 1. The van der Waals surface area contributed by atoms with Crippen molar-refractivity contribution < 1.29 is 4.79 Å². The maximum Gasteiger partial charge on any atom is 0.251 e. The molecule has 5 heteroatoms. The van der Waals surface area contributed by atoms with Gasteiger partial charge >= 0.3 is 0 Å². The molecular weight excluding hydrogens is 389 g/mol. The van der Waals surface area contributed by atoms with E-state index in [-0.39, 0.29) is 5.91 Å². The maximum absolute atomic E-state index is 12.2. The third kappa shape index (κ3) is 3.36. The first-order valence-corrected chi connectivity index (χ1v) is 7.93. The van der Waals surface area contributed by atoms with Gasteiger partial charge in [0.25, 0.3) is 5.91 Å². The summed E-state index contributed by atoms with van der Waals surface area (Å²) in [6.07, 6.45) is 3.63. The van der Waals surface area contributed by atoms with Gasteiger partial charge in [-0.05, 0) is 64.6 Å². The molecule has 3 rings (SSSR count). The molecule has 0 aliphatic carbocycles. The van der Waals surface area contributed by atoms with Gasteiger partial charge in [0.05, 0.1) is 5.69 Å². The fourth-order valence-electron chi connectivity index (χ4n) is 2.17. The molecule has 0 saturated carbocycles. The summed E-state index contributed by atoms with van der Waals surface area (Å²) >= 11 is 2.22. The predicted octanol–water partition coefficient (Wildman–Crippen LogP) is 3.41. The van der Waals surface area contributed by atoms with Crippen molar-refractivity contribution in [3.8, 4) is 5.69 Å². The summed E-state index contributed by atoms with van der Waals surface area (Å²) in [6, 6.07) is 17.3. The normalized spacial score (nSPS) is 10.4. The summed E-state index contributed by atoms with van der Waals surface area (Å²) < 4.78 is 2.91. The second kappa shape index (κ2) is 6.74. The highest BCUT2D eigenvalue weighted by molar-refractivity contribution is 14.1. The quantitative estimate of drug-likeness (QED) is 0.679. The van der Waals surface area contributed by atoms with Crippen molar-refractivity contribution >= 4 is 28.5 Å². The number of aromatic nitrogens is 2. The molecule has 0 unspecified atom stereocenters. The molecule has 1 heterocycles. The summed E-state index contributed by atoms with van der Waals surface area (Å²) in [5, 5.41) is 7.20. The fraction of sp³-hybridized carbons (Fsp3) is 0.0588. The lowest BCUT2D eigenvalue weighted by molar-refractivity contribution is 0.0951. The van der Waals surface area contributed by atoms with Crippen LogP contribution in [0.15, 0.2) is 67.0 Å². The molecule has 3 aromatic rings. The van der Waals surface area contributed by atoms with Crippen LogP contribution in [-0.2, 0) is 6.54 Å². The average molecular weight is 403 g/mol. The fourth-order valence-corrected chi connectivity index (χ4v) is 2.53. The Labute approximate surface area is 142 Å². The number of rotatable bonds is 4. The highest BCUT2D eigenvalue weighted by Gasteiger charge is 2.08. The maximum atomic E-state index is 12.2. The largest absolute Gasteiger partial charge is 0.348 e. The van der Waals surface area contributed by atoms with Gasteiger partial charge in [-0.25, -0.2) is 4.68 Å². The van der Waals surface area contributed by atoms with E-state index >= 15 is 0 Å². The second-order valence-electron chi connectivity index (χ2n) is 4.77. The molecule has 1 amide bonds. The molecule has 0 fully saturated rings. The summed E-state index contributed by atoms with van der Waals surface area (Å²) in [6.45, 7) is 0.459. The number of carbonyl (C=O) groups is 1. The van der Waals surface area contributed by atoms with Crippen LogP contribution in [0.2, 0.25) is 0 Å². The molecule has 110 valence electrons. The molecule has 0 spiro atoms. The van der Waals surface area contributed by atoms with Gasteiger partial charge in [-0.3, -0.25) is 4.79 Å². The van der Waals surface area contributed by atoms with Crippen LogP contribution in [0.25, 0.3) is 5.69 Å². The zero-order valence-electron chi connectivity index (χ0n) is 11.7. The van der Waals surface area contributed by atoms with Gasteiger partial charge in [0.1, 0.15) is 0 Å². The van der Waals surface area contributed by atoms with Crippen LogP contribution in [0.5, 0.6) is 0 Å². The van der Waals surface area contributed by atoms with Crippen LogP contribution < -0.4 is 5.32 Å². The predicted molar refractivity (Wildman–Crippen MR) is 93.9 cm³/mol. The van der Waals surface area contributed by atoms with Crippen LogP contribution in [0.4, 0.5) is 0 Å². The van der Waals surface area contributed by atoms with Crippen LogP contribution in [-0.4, -0.2) is 15.7 Å². The van der Waals surface area contributed by atoms with Crippen molar-refractivity contribution in [1.29, 1.82) is 0 Å². The zero-order chi connectivity index (χ0) is 15.4. The van der Waals surface area contributed by atoms with Crippen molar-refractivity contribution in [1.82, 2.24) is 15.1 Å². The van der Waals surface area contributed by atoms with Gasteiger partial charge < -0.3 is 5.32 Å². The lowest BCUT2D eigenvalue weighted by atomic mass is 10.1. The lowest BCUT2D eigenvalue weighted by Gasteiger charge is -2.11. The molecule has 0 radical (unpaired) electrons. The number of hydrogen-bond acceptors (Lipinski definition) is 2. The van der Waals surface area contributed by atoms with E-state index in [9.17, 15) is 4.79 Å². The molecule has 0 aliphatic rings. The van der Waals surface area contributed by atoms with Crippen LogP contribution >= 0.6 is 22.6 Å². The second-order valence-corrected chi connectivity index (χ2v) is 6.01. The van der Waals surface area contributed by atoms with Gasteiger partial charge in [-0.1, -0.05) is 18.2 Å². The monoisotopic (exact) mass is 403 g/mol. The van der Waals surface area contributed by atoms with Crippen molar-refractivity contribution in [2.45, 2.75) is 6.54 Å². The number of nitrogens with zero attached hydrogens (tertiary/aromatic N) is 2. The molecule has 0 saturated heterocycles. The first-order chi connectivity index (χ1) is 10.7. The molecule has 0 atom stereocenters. The van der Waals surface area contributed by atoms with Gasteiger partial charge in [0.2, 0.25) is 0 Å². The Morgan fingerprint density at radius 2 is 1.86 bits per heavy atom. The average Bonchev–Trinajstić information content (AvgIpc) is 3.08. The third-order valence-corrected chi connectivity index (χ3v) is 4.01. The molecule has 4 nitrogen and oxygen atoms in total. The van der Waals surface area contributed by atoms with E-state index in [0.29, 0.717) is 12.1 Å². The Balaban J connectivity index is 1.74. The Bertz CT molecular complexity index is 767. The van der Waals surface area contributed by atoms with Crippen molar-refractivity contribution in [3.05, 3.63) is 81.7 Å². The minimum absolute atomic E-state index is 0.0772. The van der Waals surface area contributed by atoms with E-state index in [1.54, 1.807) is 10.9 Å². The standard InChI is InChI=1S/C17H14IN3O/c18-15-8-6-13(7-9-15)17(22)19-12-14-4-1-2-5-16(14)21-11-3-10-20-21/h1-11H,12H2,(H,19,22). The number of para-hydroxylation sites is 1. The summed E-state index contributed by atoms with van der Waals surface area (Å²) in [5.74, 6) is -0.0772. The highest BCUT2D eigenvalue weighted by Crippen LogP contribution is 2.13. The Morgan fingerprint density at radius 3 is 2.59 bits per heavy atom. The third-order valence-electron chi connectivity index (χ3n) is 3.29. The smallest absolute Gasteiger partial charge is 0.251 e. The Kier molecular flexibility index (Phi) is 4.53. The van der Waals surface area contributed by atoms with Gasteiger partial charge in [0, 0.05) is 28.1 Å². The van der Waals surface area contributed by atoms with E-state index in [1.165, 1.54) is 0 Å². The van der Waals surface area contributed by atoms with Gasteiger partial charge in [-0.15, -0.1) is 0 Å². The zero-order valence-corrected chi connectivity index (χ0v) is 13.9. The molecule has 1 N–H and O–H groups in total. The van der Waals surface area contributed by atoms with Crippen molar-refractivity contribution in [2.24, 2.45) is 0 Å². The van der Waals surface area contributed by atoms with Gasteiger partial charge in [0.15, 0.2) is 0 Å².